The van der Waals surface area contributed by atoms with Gasteiger partial charge >= 0.3 is 6.09 Å². The molecule has 0 fully saturated rings. The first-order chi connectivity index (χ1) is 20.0. The molecule has 9 nitrogen and oxygen atoms in total. The van der Waals surface area contributed by atoms with Crippen LogP contribution in [-0.4, -0.2) is 41.5 Å². The number of nitriles is 1. The maximum Gasteiger partial charge on any atom is 0.426 e. The lowest BCUT2D eigenvalue weighted by Gasteiger charge is -2.24. The van der Waals surface area contributed by atoms with Crippen LogP contribution in [0.4, 0.5) is 18.0 Å². The number of nitrogens with one attached hydrogen (secondary N) is 2. The molecule has 3 amide bonds. The second kappa shape index (κ2) is 12.6. The van der Waals surface area contributed by atoms with Gasteiger partial charge in [-0.1, -0.05) is 12.9 Å². The Morgan fingerprint density at radius 2 is 1.86 bits per heavy atom. The Kier molecular flexibility index (Phi) is 6.77. The van der Waals surface area contributed by atoms with Gasteiger partial charge in [-0.05, 0) is 39.3 Å². The molecule has 0 unspecified atom stereocenters. The van der Waals surface area contributed by atoms with Gasteiger partial charge < -0.3 is 14.4 Å². The van der Waals surface area contributed by atoms with Gasteiger partial charge in [-0.15, -0.1) is 0 Å². The Morgan fingerprint density at radius 3 is 2.49 bits per heavy atom. The summed E-state index contributed by atoms with van der Waals surface area (Å²) in [5, 5.41) is 8.97. The molecule has 0 bridgehead atoms. The number of halogens is 3. The predicted molar refractivity (Wildman–Crippen MR) is 125 cm³/mol. The molecule has 2 N–H and O–H groups in total. The molecular formula is C25H27F3N4O5. The summed E-state index contributed by atoms with van der Waals surface area (Å²) in [5.74, 6) is -8.47. The van der Waals surface area contributed by atoms with Crippen molar-refractivity contribution in [2.45, 2.75) is 46.1 Å². The predicted octanol–water partition coefficient (Wildman–Crippen LogP) is 3.50. The Balaban J connectivity index is 2.48. The summed E-state index contributed by atoms with van der Waals surface area (Å²) in [6.45, 7) is -4.58. The third kappa shape index (κ3) is 9.03. The minimum atomic E-state index is -3.68. The lowest BCUT2D eigenvalue weighted by atomic mass is 10.1. The van der Waals surface area contributed by atoms with E-state index in [2.05, 4.69) is 0 Å². The highest BCUT2D eigenvalue weighted by atomic mass is 19.1. The van der Waals surface area contributed by atoms with Gasteiger partial charge in [0.1, 0.15) is 35.3 Å². The van der Waals surface area contributed by atoms with Gasteiger partial charge in [0.05, 0.1) is 14.4 Å². The Morgan fingerprint density at radius 1 is 1.14 bits per heavy atom. The van der Waals surface area contributed by atoms with E-state index < -0.39 is 85.1 Å². The van der Waals surface area contributed by atoms with E-state index in [9.17, 15) is 27.6 Å². The van der Waals surface area contributed by atoms with Gasteiger partial charge in [0, 0.05) is 36.7 Å². The van der Waals surface area contributed by atoms with Crippen LogP contribution >= 0.6 is 0 Å². The molecule has 0 heterocycles. The van der Waals surface area contributed by atoms with Crippen molar-refractivity contribution in [2.24, 2.45) is 0 Å². The lowest BCUT2D eigenvalue weighted by molar-refractivity contribution is -0.138. The number of amides is 3. The van der Waals surface area contributed by atoms with Gasteiger partial charge in [-0.25, -0.2) is 23.4 Å². The fourth-order valence-corrected chi connectivity index (χ4v) is 2.70. The number of rotatable bonds is 8. The zero-order valence-electron chi connectivity index (χ0n) is 26.9. The van der Waals surface area contributed by atoms with E-state index in [4.69, 9.17) is 24.3 Å². The number of carbonyl (C=O) groups excluding carboxylic acids is 3. The maximum atomic E-state index is 14.7. The first-order valence-electron chi connectivity index (χ1n) is 13.9. The van der Waals surface area contributed by atoms with E-state index in [0.29, 0.717) is 4.90 Å². The number of benzene rings is 2. The van der Waals surface area contributed by atoms with Gasteiger partial charge in [-0.3, -0.25) is 15.0 Å². The third-order valence-corrected chi connectivity index (χ3v) is 4.26. The first kappa shape index (κ1) is 19.9. The zero-order valence-corrected chi connectivity index (χ0v) is 19.9. The average molecular weight is 528 g/mol. The summed E-state index contributed by atoms with van der Waals surface area (Å²) in [4.78, 5) is 38.2. The SMILES string of the molecule is [2H]C([2H])(Oc1cc(F)cc(F)c1C([2H])([2H])C([2H])([2H])[2H])C(=O)N(CC(=O)NNC(=O)OC(C)(C)C)Cc1ccc(C#N)cc1F. The number of hydrogen-bond acceptors (Lipinski definition) is 6. The monoisotopic (exact) mass is 527 g/mol. The number of hydrogen-bond donors (Lipinski definition) is 2. The fourth-order valence-electron chi connectivity index (χ4n) is 2.70. The van der Waals surface area contributed by atoms with Crippen molar-refractivity contribution < 1.29 is 46.6 Å². The molecule has 0 atom stereocenters. The minimum Gasteiger partial charge on any atom is -0.483 e. The van der Waals surface area contributed by atoms with Crippen molar-refractivity contribution in [1.29, 1.82) is 5.26 Å². The second-order valence-electron chi connectivity index (χ2n) is 8.34. The summed E-state index contributed by atoms with van der Waals surface area (Å²) in [6.07, 6.45) is -4.66. The average Bonchev–Trinajstić information content (AvgIpc) is 2.85. The smallest absolute Gasteiger partial charge is 0.426 e. The van der Waals surface area contributed by atoms with E-state index in [1.807, 2.05) is 10.9 Å². The molecule has 0 spiro atoms. The Bertz CT molecular complexity index is 1480. The van der Waals surface area contributed by atoms with E-state index in [1.165, 1.54) is 20.8 Å². The maximum absolute atomic E-state index is 14.7. The van der Waals surface area contributed by atoms with Crippen molar-refractivity contribution in [3.63, 3.8) is 0 Å². The van der Waals surface area contributed by atoms with Crippen LogP contribution in [0.15, 0.2) is 30.3 Å². The number of hydrazine groups is 1. The summed E-state index contributed by atoms with van der Waals surface area (Å²) in [7, 11) is 0. The van der Waals surface area contributed by atoms with Crippen LogP contribution in [0.3, 0.4) is 0 Å². The highest BCUT2D eigenvalue weighted by molar-refractivity contribution is 5.86. The van der Waals surface area contributed by atoms with Crippen molar-refractivity contribution in [3.8, 4) is 11.8 Å². The zero-order chi connectivity index (χ0) is 33.8. The van der Waals surface area contributed by atoms with Gasteiger partial charge in [0.15, 0.2) is 6.56 Å². The molecule has 2 rings (SSSR count). The highest BCUT2D eigenvalue weighted by Crippen LogP contribution is 2.24. The molecule has 0 aliphatic carbocycles. The largest absolute Gasteiger partial charge is 0.483 e. The summed E-state index contributed by atoms with van der Waals surface area (Å²) >= 11 is 0. The molecule has 0 saturated heterocycles. The van der Waals surface area contributed by atoms with E-state index in [1.54, 1.807) is 6.07 Å². The van der Waals surface area contributed by atoms with Crippen LogP contribution < -0.4 is 15.6 Å². The van der Waals surface area contributed by atoms with Gasteiger partial charge in [0.25, 0.3) is 11.8 Å². The fraction of sp³-hybridized carbons (Fsp3) is 0.360. The van der Waals surface area contributed by atoms with E-state index in [0.717, 1.165) is 18.2 Å². The van der Waals surface area contributed by atoms with Crippen molar-refractivity contribution in [1.82, 2.24) is 15.8 Å². The van der Waals surface area contributed by atoms with E-state index >= 15 is 0 Å². The molecule has 2 aromatic carbocycles. The minimum absolute atomic E-state index is 0.105. The Hall–Kier alpha value is -4.27. The van der Waals surface area contributed by atoms with Gasteiger partial charge in [-0.2, -0.15) is 5.26 Å². The van der Waals surface area contributed by atoms with Crippen molar-refractivity contribution in [3.05, 3.63) is 64.5 Å². The van der Waals surface area contributed by atoms with Crippen LogP contribution in [0.25, 0.3) is 0 Å². The first-order valence-corrected chi connectivity index (χ1v) is 10.4. The second-order valence-corrected chi connectivity index (χ2v) is 8.34. The summed E-state index contributed by atoms with van der Waals surface area (Å²) in [5.41, 5.74) is 0.992. The molecule has 37 heavy (non-hydrogen) atoms. The lowest BCUT2D eigenvalue weighted by Crippen LogP contribution is -2.49. The molecule has 0 aromatic heterocycles. The molecular weight excluding hydrogens is 493 g/mol. The number of ether oxygens (including phenoxy) is 2. The molecule has 0 aliphatic heterocycles. The van der Waals surface area contributed by atoms with Crippen LogP contribution in [-0.2, 0) is 27.2 Å². The van der Waals surface area contributed by atoms with E-state index in [-0.39, 0.29) is 23.3 Å². The summed E-state index contributed by atoms with van der Waals surface area (Å²) in [6, 6.07) is 5.10. The molecule has 12 heteroatoms. The number of carbonyl (C=O) groups is 3. The number of nitrogens with zero attached hydrogens (tertiary/aromatic N) is 2. The molecule has 0 saturated carbocycles. The topological polar surface area (TPSA) is 121 Å². The quantitative estimate of drug-likeness (QED) is 0.507. The van der Waals surface area contributed by atoms with Crippen molar-refractivity contribution in [2.75, 3.05) is 13.1 Å². The highest BCUT2D eigenvalue weighted by Gasteiger charge is 2.22. The molecule has 198 valence electrons. The normalized spacial score (nSPS) is 14.7. The van der Waals surface area contributed by atoms with Crippen molar-refractivity contribution >= 4 is 17.9 Å². The third-order valence-electron chi connectivity index (χ3n) is 4.26. The standard InChI is InChI=1S/C25H27F3N4O5/c1-5-18-20(28)9-17(26)10-21(18)36-14-23(34)32(12-16-7-6-15(11-29)8-19(16)27)13-22(33)30-31-24(35)37-25(2,3)4/h6-10H,5,12-14H2,1-4H3,(H,30,33)(H,31,35)/i1D3,5D2,14D2. The van der Waals surface area contributed by atoms with Crippen LogP contribution in [0.5, 0.6) is 5.75 Å². The Labute approximate surface area is 221 Å². The van der Waals surface area contributed by atoms with Crippen LogP contribution in [0.1, 0.15) is 53.9 Å². The van der Waals surface area contributed by atoms with Crippen LogP contribution in [0.2, 0.25) is 0 Å². The molecule has 0 aliphatic rings. The molecule has 2 aromatic rings. The summed E-state index contributed by atoms with van der Waals surface area (Å²) < 4.78 is 108. The molecule has 0 radical (unpaired) electrons. The van der Waals surface area contributed by atoms with Gasteiger partial charge in [0.2, 0.25) is 0 Å². The van der Waals surface area contributed by atoms with Crippen LogP contribution in [0, 0.1) is 28.8 Å².